The normalized spacial score (nSPS) is 16.7. The van der Waals surface area contributed by atoms with Crippen LogP contribution in [0.1, 0.15) is 43.0 Å². The van der Waals surface area contributed by atoms with Gasteiger partial charge >= 0.3 is 12.1 Å². The van der Waals surface area contributed by atoms with Gasteiger partial charge in [-0.2, -0.15) is 8.78 Å². The Morgan fingerprint density at radius 1 is 1.25 bits per heavy atom. The van der Waals surface area contributed by atoms with Crippen LogP contribution in [-0.4, -0.2) is 23.6 Å². The van der Waals surface area contributed by atoms with E-state index in [0.29, 0.717) is 16.4 Å². The number of carbonyl (C=O) groups excluding carboxylic acids is 2. The van der Waals surface area contributed by atoms with Crippen LogP contribution in [0.15, 0.2) is 12.1 Å². The number of carboxylic acids is 1. The average molecular weight is 565 g/mol. The largest absolute Gasteiger partial charge is 0.541 e. The third kappa shape index (κ3) is 4.46. The number of hydrogen-bond donors (Lipinski definition) is 0. The minimum Gasteiger partial charge on any atom is -0.541 e. The van der Waals surface area contributed by atoms with Gasteiger partial charge in [-0.15, -0.1) is 0 Å². The molecule has 2 rings (SSSR count). The monoisotopic (exact) mass is 565 g/mol. The summed E-state index contributed by atoms with van der Waals surface area (Å²) in [6, 6.07) is 2.81. The summed E-state index contributed by atoms with van der Waals surface area (Å²) in [4.78, 5) is 23.0. The molecular weight excluding hydrogens is 552 g/mol. The molecule has 5 nitrogen and oxygen atoms in total. The van der Waals surface area contributed by atoms with Crippen molar-refractivity contribution < 1.29 is 33.0 Å². The van der Waals surface area contributed by atoms with Crippen molar-refractivity contribution in [3.63, 3.8) is 0 Å². The van der Waals surface area contributed by atoms with Gasteiger partial charge in [0.15, 0.2) is 11.7 Å². The SMILES string of the molecule is CC1(OC(=O)c2cc(I)cc(I)c2OC(F)(F)C(=O)[O-])CCCC1. The Kier molecular flexibility index (Phi) is 5.93. The second-order valence-corrected chi connectivity index (χ2v) is 8.12. The molecule has 0 atom stereocenters. The Morgan fingerprint density at radius 2 is 1.83 bits per heavy atom. The van der Waals surface area contributed by atoms with E-state index in [4.69, 9.17) is 4.74 Å². The topological polar surface area (TPSA) is 75.7 Å². The van der Waals surface area contributed by atoms with Crippen LogP contribution < -0.4 is 9.84 Å². The number of carbonyl (C=O) groups is 2. The summed E-state index contributed by atoms with van der Waals surface area (Å²) in [6.07, 6.45) is -1.35. The molecule has 0 unspecified atom stereocenters. The summed E-state index contributed by atoms with van der Waals surface area (Å²) < 4.78 is 37.3. The number of esters is 1. The smallest absolute Gasteiger partial charge is 0.441 e. The molecule has 1 aliphatic carbocycles. The van der Waals surface area contributed by atoms with Gasteiger partial charge in [0.1, 0.15) is 11.2 Å². The first kappa shape index (κ1) is 19.6. The van der Waals surface area contributed by atoms with E-state index in [2.05, 4.69) is 4.74 Å². The highest BCUT2D eigenvalue weighted by atomic mass is 127. The molecule has 0 aliphatic heterocycles. The van der Waals surface area contributed by atoms with Crippen molar-refractivity contribution in [3.8, 4) is 5.75 Å². The molecular formula is C15H13F2I2O5-. The van der Waals surface area contributed by atoms with Crippen molar-refractivity contribution in [2.75, 3.05) is 0 Å². The Morgan fingerprint density at radius 3 is 2.38 bits per heavy atom. The standard InChI is InChI=1S/C15H14F2I2O5/c1-14(4-2-3-5-14)24-12(20)9-6-8(18)7-10(19)11(9)23-15(16,17)13(21)22/h6-7H,2-5H2,1H3,(H,21,22)/p-1. The number of ether oxygens (including phenoxy) is 2. The summed E-state index contributed by atoms with van der Waals surface area (Å²) in [7, 11) is 0. The van der Waals surface area contributed by atoms with Gasteiger partial charge in [0.25, 0.3) is 0 Å². The quantitative estimate of drug-likeness (QED) is 0.406. The molecule has 1 aromatic carbocycles. The van der Waals surface area contributed by atoms with Crippen molar-refractivity contribution in [2.24, 2.45) is 0 Å². The molecule has 9 heteroatoms. The van der Waals surface area contributed by atoms with Gasteiger partial charge in [-0.1, -0.05) is 0 Å². The summed E-state index contributed by atoms with van der Waals surface area (Å²) in [5, 5.41) is 10.5. The molecule has 1 fully saturated rings. The number of aliphatic carboxylic acids is 1. The molecule has 0 spiro atoms. The van der Waals surface area contributed by atoms with Crippen molar-refractivity contribution in [1.29, 1.82) is 0 Å². The number of carboxylic acid groups (broad SMARTS) is 1. The summed E-state index contributed by atoms with van der Waals surface area (Å²) in [6.45, 7) is 1.78. The minimum atomic E-state index is -4.56. The van der Waals surface area contributed by atoms with Crippen LogP contribution in [0.5, 0.6) is 5.75 Å². The highest BCUT2D eigenvalue weighted by Gasteiger charge is 2.38. The fourth-order valence-electron chi connectivity index (χ4n) is 2.49. The van der Waals surface area contributed by atoms with Crippen LogP contribution in [0.3, 0.4) is 0 Å². The first-order valence-electron chi connectivity index (χ1n) is 7.05. The van der Waals surface area contributed by atoms with E-state index < -0.39 is 29.4 Å². The van der Waals surface area contributed by atoms with Crippen LogP contribution in [0.25, 0.3) is 0 Å². The third-order valence-electron chi connectivity index (χ3n) is 3.70. The summed E-state index contributed by atoms with van der Waals surface area (Å²) in [5.41, 5.74) is -0.891. The molecule has 0 bridgehead atoms. The zero-order valence-electron chi connectivity index (χ0n) is 12.5. The Balaban J connectivity index is 2.37. The predicted molar refractivity (Wildman–Crippen MR) is 94.7 cm³/mol. The van der Waals surface area contributed by atoms with Crippen LogP contribution >= 0.6 is 45.2 Å². The first-order chi connectivity index (χ1) is 11.0. The predicted octanol–water partition coefficient (Wildman–Crippen LogP) is 3.11. The number of benzene rings is 1. The minimum absolute atomic E-state index is 0.170. The third-order valence-corrected chi connectivity index (χ3v) is 5.12. The maximum absolute atomic E-state index is 13.4. The second-order valence-electron chi connectivity index (χ2n) is 5.72. The lowest BCUT2D eigenvalue weighted by atomic mass is 10.1. The fourth-order valence-corrected chi connectivity index (χ4v) is 4.44. The van der Waals surface area contributed by atoms with Gasteiger partial charge < -0.3 is 19.4 Å². The lowest BCUT2D eigenvalue weighted by Gasteiger charge is -2.26. The van der Waals surface area contributed by atoms with E-state index in [-0.39, 0.29) is 9.13 Å². The molecule has 1 saturated carbocycles. The van der Waals surface area contributed by atoms with Gasteiger partial charge in [-0.3, -0.25) is 0 Å². The van der Waals surface area contributed by atoms with Crippen molar-refractivity contribution >= 4 is 57.1 Å². The Hall–Kier alpha value is -0.720. The zero-order valence-corrected chi connectivity index (χ0v) is 16.9. The number of hydrogen-bond acceptors (Lipinski definition) is 5. The second kappa shape index (κ2) is 7.26. The zero-order chi connectivity index (χ0) is 18.1. The highest BCUT2D eigenvalue weighted by molar-refractivity contribution is 14.1. The summed E-state index contributed by atoms with van der Waals surface area (Å²) >= 11 is 3.61. The van der Waals surface area contributed by atoms with Crippen LogP contribution in [0, 0.1) is 7.14 Å². The molecule has 1 aliphatic rings. The molecule has 0 amide bonds. The molecule has 0 N–H and O–H groups in total. The lowest BCUT2D eigenvalue weighted by molar-refractivity contribution is -0.350. The van der Waals surface area contributed by atoms with Crippen molar-refractivity contribution in [3.05, 3.63) is 24.8 Å². The molecule has 24 heavy (non-hydrogen) atoms. The molecule has 0 radical (unpaired) electrons. The van der Waals surface area contributed by atoms with Gasteiger partial charge in [0.05, 0.1) is 3.57 Å². The lowest BCUT2D eigenvalue weighted by Crippen LogP contribution is -2.46. The average Bonchev–Trinajstić information content (AvgIpc) is 2.87. The maximum atomic E-state index is 13.4. The fraction of sp³-hybridized carbons (Fsp3) is 0.467. The Labute approximate surface area is 164 Å². The number of rotatable bonds is 5. The highest BCUT2D eigenvalue weighted by Crippen LogP contribution is 2.37. The molecule has 132 valence electrons. The van der Waals surface area contributed by atoms with Crippen LogP contribution in [-0.2, 0) is 9.53 Å². The van der Waals surface area contributed by atoms with Gasteiger partial charge in [-0.25, -0.2) is 4.79 Å². The maximum Gasteiger partial charge on any atom is 0.441 e. The van der Waals surface area contributed by atoms with E-state index >= 15 is 0 Å². The Bertz CT molecular complexity index is 672. The first-order valence-corrected chi connectivity index (χ1v) is 9.20. The van der Waals surface area contributed by atoms with E-state index in [1.807, 2.05) is 22.6 Å². The van der Waals surface area contributed by atoms with Gasteiger partial charge in [0, 0.05) is 3.57 Å². The van der Waals surface area contributed by atoms with Gasteiger partial charge in [-0.05, 0) is 89.9 Å². The number of halogens is 4. The van der Waals surface area contributed by atoms with Gasteiger partial charge in [0.2, 0.25) is 0 Å². The van der Waals surface area contributed by atoms with Crippen LogP contribution in [0.2, 0.25) is 0 Å². The molecule has 1 aromatic rings. The van der Waals surface area contributed by atoms with E-state index in [1.54, 1.807) is 29.5 Å². The summed E-state index contributed by atoms with van der Waals surface area (Å²) in [5.74, 6) is -4.03. The molecule has 0 saturated heterocycles. The molecule has 0 aromatic heterocycles. The van der Waals surface area contributed by atoms with Crippen molar-refractivity contribution in [2.45, 2.75) is 44.3 Å². The van der Waals surface area contributed by atoms with E-state index in [0.717, 1.165) is 12.8 Å². The van der Waals surface area contributed by atoms with E-state index in [9.17, 15) is 23.5 Å². The van der Waals surface area contributed by atoms with E-state index in [1.165, 1.54) is 12.1 Å². The number of alkyl halides is 2. The molecule has 0 heterocycles. The van der Waals surface area contributed by atoms with Crippen molar-refractivity contribution in [1.82, 2.24) is 0 Å². The van der Waals surface area contributed by atoms with Crippen LogP contribution in [0.4, 0.5) is 8.78 Å².